The van der Waals surface area contributed by atoms with E-state index in [9.17, 15) is 0 Å². The van der Waals surface area contributed by atoms with Gasteiger partial charge < -0.3 is 0 Å². The van der Waals surface area contributed by atoms with E-state index in [4.69, 9.17) is 23.8 Å². The highest BCUT2D eigenvalue weighted by Crippen LogP contribution is 2.07. The lowest BCUT2D eigenvalue weighted by Crippen LogP contribution is -1.92. The first-order chi connectivity index (χ1) is 7.74. The van der Waals surface area contributed by atoms with Crippen LogP contribution in [0.2, 0.25) is 5.02 Å². The molecule has 0 atom stereocenters. The maximum atomic E-state index is 5.75. The molecular formula is C9H8ClN5S. The van der Waals surface area contributed by atoms with Crippen molar-refractivity contribution in [3.05, 3.63) is 39.6 Å². The number of nitrogens with zero attached hydrogens (tertiary/aromatic N) is 2. The Labute approximate surface area is 102 Å². The first-order valence-corrected chi connectivity index (χ1v) is 5.22. The Morgan fingerprint density at radius 1 is 1.31 bits per heavy atom. The van der Waals surface area contributed by atoms with Gasteiger partial charge in [0.15, 0.2) is 0 Å². The predicted octanol–water partition coefficient (Wildman–Crippen LogP) is 2.57. The maximum absolute atomic E-state index is 5.75. The second-order valence-corrected chi connectivity index (χ2v) is 3.76. The summed E-state index contributed by atoms with van der Waals surface area (Å²) in [6.07, 6.45) is 1.65. The summed E-state index contributed by atoms with van der Waals surface area (Å²) < 4.78 is 0.379. The number of hydrazone groups is 1. The molecule has 1 aromatic carbocycles. The monoisotopic (exact) mass is 253 g/mol. The molecule has 1 aromatic heterocycles. The molecule has 0 bridgehead atoms. The third kappa shape index (κ3) is 2.91. The molecule has 0 aliphatic rings. The van der Waals surface area contributed by atoms with Crippen LogP contribution < -0.4 is 5.43 Å². The fraction of sp³-hybridized carbons (Fsp3) is 0. The van der Waals surface area contributed by atoms with Crippen LogP contribution in [-0.2, 0) is 0 Å². The highest BCUT2D eigenvalue weighted by atomic mass is 35.5. The van der Waals surface area contributed by atoms with Gasteiger partial charge in [-0.25, -0.2) is 5.43 Å². The first kappa shape index (κ1) is 10.8. The Morgan fingerprint density at radius 3 is 2.69 bits per heavy atom. The van der Waals surface area contributed by atoms with Crippen LogP contribution in [0.25, 0.3) is 0 Å². The van der Waals surface area contributed by atoms with Crippen LogP contribution in [-0.4, -0.2) is 21.4 Å². The van der Waals surface area contributed by atoms with Crippen molar-refractivity contribution in [3.63, 3.8) is 0 Å². The molecule has 1 heterocycles. The number of halogens is 1. The summed E-state index contributed by atoms with van der Waals surface area (Å²) in [5.41, 5.74) is 3.64. The van der Waals surface area contributed by atoms with Crippen molar-refractivity contribution in [1.82, 2.24) is 15.2 Å². The molecule has 5 nitrogen and oxygen atoms in total. The Bertz CT molecular complexity index is 542. The van der Waals surface area contributed by atoms with Gasteiger partial charge >= 0.3 is 0 Å². The molecule has 16 heavy (non-hydrogen) atoms. The molecule has 0 unspecified atom stereocenters. The van der Waals surface area contributed by atoms with E-state index >= 15 is 0 Å². The van der Waals surface area contributed by atoms with Gasteiger partial charge in [0.25, 0.3) is 0 Å². The van der Waals surface area contributed by atoms with E-state index in [0.717, 1.165) is 5.56 Å². The van der Waals surface area contributed by atoms with E-state index in [0.29, 0.717) is 15.7 Å². The van der Waals surface area contributed by atoms with Crippen LogP contribution in [0.5, 0.6) is 0 Å². The highest BCUT2D eigenvalue weighted by molar-refractivity contribution is 7.71. The molecule has 7 heteroatoms. The largest absolute Gasteiger partial charge is 0.272 e. The predicted molar refractivity (Wildman–Crippen MR) is 66.4 cm³/mol. The van der Waals surface area contributed by atoms with Crippen LogP contribution in [0.1, 0.15) is 5.56 Å². The van der Waals surface area contributed by atoms with Gasteiger partial charge in [-0.15, -0.1) is 0 Å². The zero-order valence-electron chi connectivity index (χ0n) is 8.07. The first-order valence-electron chi connectivity index (χ1n) is 4.43. The van der Waals surface area contributed by atoms with Crippen LogP contribution >= 0.6 is 23.8 Å². The van der Waals surface area contributed by atoms with Crippen LogP contribution in [0.4, 0.5) is 5.95 Å². The fourth-order valence-corrected chi connectivity index (χ4v) is 1.31. The van der Waals surface area contributed by atoms with E-state index in [2.05, 4.69) is 25.7 Å². The number of H-pyrrole nitrogens is 2. The zero-order valence-corrected chi connectivity index (χ0v) is 9.64. The highest BCUT2D eigenvalue weighted by Gasteiger charge is 1.91. The summed E-state index contributed by atoms with van der Waals surface area (Å²) in [6, 6.07) is 7.32. The molecule has 0 saturated carbocycles. The van der Waals surface area contributed by atoms with Gasteiger partial charge in [-0.3, -0.25) is 10.2 Å². The molecule has 0 aliphatic carbocycles. The van der Waals surface area contributed by atoms with Crippen molar-refractivity contribution >= 4 is 36.0 Å². The number of hydrogen-bond acceptors (Lipinski definition) is 4. The summed E-state index contributed by atoms with van der Waals surface area (Å²) >= 11 is 10.5. The third-order valence-corrected chi connectivity index (χ3v) is 2.20. The summed E-state index contributed by atoms with van der Waals surface area (Å²) in [5.74, 6) is 0.468. The van der Waals surface area contributed by atoms with Gasteiger partial charge in [0.05, 0.1) is 6.21 Å². The molecule has 82 valence electrons. The van der Waals surface area contributed by atoms with Crippen molar-refractivity contribution in [2.45, 2.75) is 0 Å². The van der Waals surface area contributed by atoms with Crippen molar-refractivity contribution in [1.29, 1.82) is 0 Å². The number of aromatic amines is 2. The average Bonchev–Trinajstić information content (AvgIpc) is 2.67. The Morgan fingerprint density at radius 2 is 2.06 bits per heavy atom. The number of hydrogen-bond donors (Lipinski definition) is 3. The topological polar surface area (TPSA) is 68.9 Å². The van der Waals surface area contributed by atoms with Gasteiger partial charge in [-0.05, 0) is 29.9 Å². The van der Waals surface area contributed by atoms with Crippen molar-refractivity contribution in [2.24, 2.45) is 5.10 Å². The van der Waals surface area contributed by atoms with Gasteiger partial charge in [0, 0.05) is 5.02 Å². The average molecular weight is 254 g/mol. The lowest BCUT2D eigenvalue weighted by atomic mass is 10.2. The number of aromatic nitrogens is 3. The molecule has 0 fully saturated rings. The van der Waals surface area contributed by atoms with Gasteiger partial charge in [0.1, 0.15) is 0 Å². The quantitative estimate of drug-likeness (QED) is 0.447. The van der Waals surface area contributed by atoms with E-state index in [1.165, 1.54) is 0 Å². The summed E-state index contributed by atoms with van der Waals surface area (Å²) in [7, 11) is 0. The van der Waals surface area contributed by atoms with Gasteiger partial charge in [-0.1, -0.05) is 23.7 Å². The van der Waals surface area contributed by atoms with Gasteiger partial charge in [0.2, 0.25) is 10.7 Å². The Hall–Kier alpha value is -1.66. The normalized spacial score (nSPS) is 10.8. The SMILES string of the molecule is S=c1nc(N/N=C\c2ccc(Cl)cc2)[nH][nH]1. The van der Waals surface area contributed by atoms with E-state index < -0.39 is 0 Å². The second kappa shape index (κ2) is 4.91. The van der Waals surface area contributed by atoms with Crippen LogP contribution in [0.15, 0.2) is 29.4 Å². The zero-order chi connectivity index (χ0) is 11.4. The fourth-order valence-electron chi connectivity index (χ4n) is 1.04. The lowest BCUT2D eigenvalue weighted by Gasteiger charge is -1.94. The van der Waals surface area contributed by atoms with E-state index in [1.54, 1.807) is 18.3 Å². The van der Waals surface area contributed by atoms with Crippen LogP contribution in [0.3, 0.4) is 0 Å². The Kier molecular flexibility index (Phi) is 3.33. The van der Waals surface area contributed by atoms with Crippen molar-refractivity contribution < 1.29 is 0 Å². The molecule has 0 aliphatic heterocycles. The minimum absolute atomic E-state index is 0.379. The minimum Gasteiger partial charge on any atom is -0.272 e. The third-order valence-electron chi connectivity index (χ3n) is 1.76. The number of benzene rings is 1. The number of nitrogens with one attached hydrogen (secondary N) is 3. The molecule has 3 N–H and O–H groups in total. The molecule has 2 aromatic rings. The standard InChI is InChI=1S/C9H8ClN5S/c10-7-3-1-6(2-4-7)5-11-13-8-12-9(16)15-14-8/h1-5H,(H3,12,13,14,15,16)/b11-5-. The molecule has 2 rings (SSSR count). The van der Waals surface area contributed by atoms with Crippen molar-refractivity contribution in [3.8, 4) is 0 Å². The summed E-state index contributed by atoms with van der Waals surface area (Å²) in [4.78, 5) is 3.91. The molecule has 0 spiro atoms. The molecule has 0 saturated heterocycles. The maximum Gasteiger partial charge on any atom is 0.238 e. The summed E-state index contributed by atoms with van der Waals surface area (Å²) in [5, 5.41) is 10.0. The number of rotatable bonds is 3. The van der Waals surface area contributed by atoms with Crippen LogP contribution in [0, 0.1) is 4.77 Å². The Balaban J connectivity index is 1.99. The lowest BCUT2D eigenvalue weighted by molar-refractivity contribution is 1.07. The smallest absolute Gasteiger partial charge is 0.238 e. The van der Waals surface area contributed by atoms with E-state index in [1.807, 2.05) is 12.1 Å². The molecule has 0 radical (unpaired) electrons. The number of anilines is 1. The van der Waals surface area contributed by atoms with Gasteiger partial charge in [-0.2, -0.15) is 10.1 Å². The van der Waals surface area contributed by atoms with Crippen molar-refractivity contribution in [2.75, 3.05) is 5.43 Å². The minimum atomic E-state index is 0.379. The van der Waals surface area contributed by atoms with E-state index in [-0.39, 0.29) is 0 Å². The summed E-state index contributed by atoms with van der Waals surface area (Å²) in [6.45, 7) is 0. The second-order valence-electron chi connectivity index (χ2n) is 2.94. The molecular weight excluding hydrogens is 246 g/mol. The molecule has 0 amide bonds.